The van der Waals surface area contributed by atoms with Gasteiger partial charge in [0.15, 0.2) is 0 Å². The molecule has 98 valence electrons. The number of benzene rings is 1. The summed E-state index contributed by atoms with van der Waals surface area (Å²) in [6.07, 6.45) is 0. The van der Waals surface area contributed by atoms with E-state index in [1.807, 2.05) is 0 Å². The molecule has 0 aromatic heterocycles. The molecule has 0 N–H and O–H groups in total. The fraction of sp³-hybridized carbons (Fsp3) is 0.385. The van der Waals surface area contributed by atoms with Crippen LogP contribution in [-0.2, 0) is 9.53 Å². The average molecular weight is 253 g/mol. The second-order valence-electron chi connectivity index (χ2n) is 4.09. The molecule has 0 radical (unpaired) electrons. The second-order valence-corrected chi connectivity index (χ2v) is 4.09. The van der Waals surface area contributed by atoms with E-state index in [9.17, 15) is 14.0 Å². The zero-order chi connectivity index (χ0) is 13.7. The summed E-state index contributed by atoms with van der Waals surface area (Å²) in [6.45, 7) is 1.83. The first-order valence-electron chi connectivity index (χ1n) is 5.55. The molecule has 1 unspecified atom stereocenters. The van der Waals surface area contributed by atoms with Gasteiger partial charge in [0.2, 0.25) is 0 Å². The lowest BCUT2D eigenvalue weighted by molar-refractivity contribution is -0.145. The number of hydrogen-bond acceptors (Lipinski definition) is 3. The predicted octanol–water partition coefficient (Wildman–Crippen LogP) is 1.71. The quantitative estimate of drug-likeness (QED) is 0.767. The van der Waals surface area contributed by atoms with E-state index in [0.717, 1.165) is 0 Å². The third-order valence-corrected chi connectivity index (χ3v) is 2.60. The van der Waals surface area contributed by atoms with E-state index in [2.05, 4.69) is 4.74 Å². The highest BCUT2D eigenvalue weighted by molar-refractivity contribution is 5.94. The molecule has 1 atom stereocenters. The maximum absolute atomic E-state index is 13.4. The summed E-state index contributed by atoms with van der Waals surface area (Å²) in [4.78, 5) is 24.5. The van der Waals surface area contributed by atoms with E-state index in [0.29, 0.717) is 0 Å². The van der Waals surface area contributed by atoms with Gasteiger partial charge in [-0.25, -0.2) is 4.39 Å². The van der Waals surface area contributed by atoms with Gasteiger partial charge in [-0.1, -0.05) is 19.1 Å². The Balaban J connectivity index is 2.74. The SMILES string of the molecule is COC(=O)C(C)CN(C)C(=O)c1ccccc1F. The molecule has 0 saturated heterocycles. The molecule has 0 aliphatic carbocycles. The number of rotatable bonds is 4. The number of amides is 1. The topological polar surface area (TPSA) is 46.6 Å². The zero-order valence-electron chi connectivity index (χ0n) is 10.6. The molecule has 0 fully saturated rings. The molecule has 0 aliphatic rings. The lowest BCUT2D eigenvalue weighted by atomic mass is 10.1. The maximum atomic E-state index is 13.4. The van der Waals surface area contributed by atoms with Crippen LogP contribution < -0.4 is 0 Å². The van der Waals surface area contributed by atoms with Gasteiger partial charge in [0.1, 0.15) is 5.82 Å². The predicted molar refractivity (Wildman–Crippen MR) is 64.5 cm³/mol. The number of carbonyl (C=O) groups is 2. The van der Waals surface area contributed by atoms with Crippen LogP contribution in [0, 0.1) is 11.7 Å². The Morgan fingerprint density at radius 1 is 1.39 bits per heavy atom. The number of ether oxygens (including phenoxy) is 1. The van der Waals surface area contributed by atoms with Gasteiger partial charge in [-0.05, 0) is 12.1 Å². The van der Waals surface area contributed by atoms with Crippen molar-refractivity contribution < 1.29 is 18.7 Å². The number of halogens is 1. The van der Waals surface area contributed by atoms with Crippen molar-refractivity contribution >= 4 is 11.9 Å². The van der Waals surface area contributed by atoms with Crippen molar-refractivity contribution in [2.24, 2.45) is 5.92 Å². The van der Waals surface area contributed by atoms with E-state index in [1.165, 1.54) is 37.3 Å². The molecule has 1 aromatic carbocycles. The molecule has 18 heavy (non-hydrogen) atoms. The Morgan fingerprint density at radius 3 is 2.56 bits per heavy atom. The number of carbonyl (C=O) groups excluding carboxylic acids is 2. The highest BCUT2D eigenvalue weighted by atomic mass is 19.1. The first-order chi connectivity index (χ1) is 8.47. The monoisotopic (exact) mass is 253 g/mol. The fourth-order valence-electron chi connectivity index (χ4n) is 1.61. The van der Waals surface area contributed by atoms with E-state index in [1.54, 1.807) is 13.0 Å². The molecular weight excluding hydrogens is 237 g/mol. The Morgan fingerprint density at radius 2 is 2.00 bits per heavy atom. The van der Waals surface area contributed by atoms with Crippen LogP contribution in [0.25, 0.3) is 0 Å². The molecule has 0 bridgehead atoms. The van der Waals surface area contributed by atoms with Crippen molar-refractivity contribution in [3.05, 3.63) is 35.6 Å². The van der Waals surface area contributed by atoms with Gasteiger partial charge in [-0.15, -0.1) is 0 Å². The van der Waals surface area contributed by atoms with Gasteiger partial charge < -0.3 is 9.64 Å². The summed E-state index contributed by atoms with van der Waals surface area (Å²) in [5, 5.41) is 0. The van der Waals surface area contributed by atoms with Gasteiger partial charge in [-0.3, -0.25) is 9.59 Å². The summed E-state index contributed by atoms with van der Waals surface area (Å²) >= 11 is 0. The van der Waals surface area contributed by atoms with E-state index in [-0.39, 0.29) is 12.1 Å². The van der Waals surface area contributed by atoms with Crippen molar-refractivity contribution in [1.29, 1.82) is 0 Å². The van der Waals surface area contributed by atoms with Crippen molar-refractivity contribution in [1.82, 2.24) is 4.90 Å². The Labute approximate surface area is 105 Å². The standard InChI is InChI=1S/C13H16FNO3/c1-9(13(17)18-3)8-15(2)12(16)10-6-4-5-7-11(10)14/h4-7,9H,8H2,1-3H3. The second kappa shape index (κ2) is 6.14. The average Bonchev–Trinajstić information content (AvgIpc) is 2.37. The molecule has 1 rings (SSSR count). The number of nitrogens with zero attached hydrogens (tertiary/aromatic N) is 1. The van der Waals surface area contributed by atoms with Crippen molar-refractivity contribution in [3.63, 3.8) is 0 Å². The molecule has 1 aromatic rings. The Kier molecular flexibility index (Phi) is 4.83. The van der Waals surface area contributed by atoms with Gasteiger partial charge in [-0.2, -0.15) is 0 Å². The normalized spacial score (nSPS) is 11.8. The van der Waals surface area contributed by atoms with Crippen LogP contribution in [-0.4, -0.2) is 37.5 Å². The first kappa shape index (κ1) is 14.2. The number of methoxy groups -OCH3 is 1. The highest BCUT2D eigenvalue weighted by Crippen LogP contribution is 2.10. The molecule has 0 aliphatic heterocycles. The molecule has 4 nitrogen and oxygen atoms in total. The third kappa shape index (κ3) is 3.29. The minimum atomic E-state index is -0.569. The van der Waals surface area contributed by atoms with Crippen molar-refractivity contribution in [2.75, 3.05) is 20.7 Å². The summed E-state index contributed by atoms with van der Waals surface area (Å²) in [5.41, 5.74) is -0.00272. The smallest absolute Gasteiger partial charge is 0.310 e. The lowest BCUT2D eigenvalue weighted by Crippen LogP contribution is -2.34. The third-order valence-electron chi connectivity index (χ3n) is 2.60. The van der Waals surface area contributed by atoms with Crippen LogP contribution in [0.3, 0.4) is 0 Å². The lowest BCUT2D eigenvalue weighted by Gasteiger charge is -2.20. The van der Waals surface area contributed by atoms with Crippen molar-refractivity contribution in [2.45, 2.75) is 6.92 Å². The van der Waals surface area contributed by atoms with Gasteiger partial charge in [0, 0.05) is 13.6 Å². The van der Waals surface area contributed by atoms with Crippen LogP contribution in [0.15, 0.2) is 24.3 Å². The Hall–Kier alpha value is -1.91. The maximum Gasteiger partial charge on any atom is 0.310 e. The van der Waals surface area contributed by atoms with Crippen LogP contribution in [0.2, 0.25) is 0 Å². The Bertz CT molecular complexity index is 448. The molecule has 0 saturated carbocycles. The minimum absolute atomic E-state index is 0.00272. The fourth-order valence-corrected chi connectivity index (χ4v) is 1.61. The van der Waals surface area contributed by atoms with Crippen LogP contribution >= 0.6 is 0 Å². The van der Waals surface area contributed by atoms with Crippen LogP contribution in [0.4, 0.5) is 4.39 Å². The van der Waals surface area contributed by atoms with Crippen LogP contribution in [0.1, 0.15) is 17.3 Å². The van der Waals surface area contributed by atoms with Gasteiger partial charge in [0.25, 0.3) is 5.91 Å². The molecular formula is C13H16FNO3. The highest BCUT2D eigenvalue weighted by Gasteiger charge is 2.21. The number of hydrogen-bond donors (Lipinski definition) is 0. The summed E-state index contributed by atoms with van der Waals surface area (Å²) in [6, 6.07) is 5.75. The molecule has 1 amide bonds. The molecule has 0 heterocycles. The van der Waals surface area contributed by atoms with E-state index in [4.69, 9.17) is 0 Å². The van der Waals surface area contributed by atoms with Crippen molar-refractivity contribution in [3.8, 4) is 0 Å². The molecule has 0 spiro atoms. The minimum Gasteiger partial charge on any atom is -0.469 e. The first-order valence-corrected chi connectivity index (χ1v) is 5.55. The van der Waals surface area contributed by atoms with E-state index >= 15 is 0 Å². The van der Waals surface area contributed by atoms with E-state index < -0.39 is 23.6 Å². The zero-order valence-corrected chi connectivity index (χ0v) is 10.6. The summed E-state index contributed by atoms with van der Waals surface area (Å²) in [7, 11) is 2.81. The number of esters is 1. The summed E-state index contributed by atoms with van der Waals surface area (Å²) in [5.74, 6) is -1.87. The van der Waals surface area contributed by atoms with Gasteiger partial charge in [0.05, 0.1) is 18.6 Å². The molecule has 5 heteroatoms. The van der Waals surface area contributed by atoms with Crippen LogP contribution in [0.5, 0.6) is 0 Å². The largest absolute Gasteiger partial charge is 0.469 e. The van der Waals surface area contributed by atoms with Gasteiger partial charge >= 0.3 is 5.97 Å². The summed E-state index contributed by atoms with van der Waals surface area (Å²) < 4.78 is 18.0.